The Balaban J connectivity index is 1.88. The van der Waals surface area contributed by atoms with Crippen LogP contribution in [0.1, 0.15) is 5.56 Å². The van der Waals surface area contributed by atoms with Gasteiger partial charge < -0.3 is 70.8 Å². The highest BCUT2D eigenvalue weighted by atomic mass is 16.6. The number of Topliss-reactive ketones (excluding diaryl/α,β-unsaturated/α-hetero) is 2. The van der Waals surface area contributed by atoms with Gasteiger partial charge >= 0.3 is 0 Å². The predicted octanol–water partition coefficient (Wildman–Crippen LogP) is -4.40. The molecule has 236 valence electrons. The molecule has 0 spiro atoms. The molecule has 2 aliphatic heterocycles. The van der Waals surface area contributed by atoms with Gasteiger partial charge in [-0.2, -0.15) is 0 Å². The minimum Gasteiger partial charge on any atom is -0.508 e. The number of aliphatic hydroxyl groups excluding tert-OH is 10. The Bertz CT molecular complexity index is 1320. The molecule has 2 saturated heterocycles. The smallest absolute Gasteiger partial charge is 0.219 e. The van der Waals surface area contributed by atoms with Crippen molar-refractivity contribution in [3.8, 4) is 5.75 Å². The predicted molar refractivity (Wildman–Crippen MR) is 139 cm³/mol. The first-order valence-electron chi connectivity index (χ1n) is 13.0. The SMILES string of the molecule is O=C1C(=C(O)C=Cc2ccc(O)cc2)C(O)=C(C(O)C2OCC(O)C(O)C2O)C(=O)C1(O)C1OC(CO)C(O)C(O)C1O. The van der Waals surface area contributed by atoms with Crippen molar-refractivity contribution < 1.29 is 80.3 Å². The van der Waals surface area contributed by atoms with Crippen LogP contribution in [0.5, 0.6) is 5.75 Å². The fraction of sp³-hybridized carbons (Fsp3) is 0.481. The minimum absolute atomic E-state index is 0.0887. The Morgan fingerprint density at radius 3 is 2.16 bits per heavy atom. The van der Waals surface area contributed by atoms with Gasteiger partial charge in [0.2, 0.25) is 17.2 Å². The van der Waals surface area contributed by atoms with E-state index in [2.05, 4.69) is 0 Å². The third-order valence-corrected chi connectivity index (χ3v) is 7.69. The molecule has 1 aromatic rings. The van der Waals surface area contributed by atoms with Gasteiger partial charge in [-0.1, -0.05) is 18.2 Å². The molecular formula is C27H32O16. The number of allylic oxidation sites excluding steroid dienone is 2. The van der Waals surface area contributed by atoms with Gasteiger partial charge in [0.25, 0.3) is 0 Å². The van der Waals surface area contributed by atoms with E-state index in [9.17, 15) is 70.9 Å². The molecule has 0 radical (unpaired) electrons. The van der Waals surface area contributed by atoms with Crippen molar-refractivity contribution in [2.24, 2.45) is 0 Å². The van der Waals surface area contributed by atoms with E-state index in [0.29, 0.717) is 5.56 Å². The van der Waals surface area contributed by atoms with Crippen LogP contribution in [0.25, 0.3) is 6.08 Å². The van der Waals surface area contributed by atoms with Crippen molar-refractivity contribution >= 4 is 17.6 Å². The van der Waals surface area contributed by atoms with E-state index in [1.807, 2.05) is 0 Å². The highest BCUT2D eigenvalue weighted by molar-refractivity contribution is 6.28. The van der Waals surface area contributed by atoms with Gasteiger partial charge in [-0.25, -0.2) is 0 Å². The lowest BCUT2D eigenvalue weighted by Crippen LogP contribution is -2.71. The summed E-state index contributed by atoms with van der Waals surface area (Å²) < 4.78 is 10.4. The lowest BCUT2D eigenvalue weighted by molar-refractivity contribution is -0.261. The Kier molecular flexibility index (Phi) is 9.41. The van der Waals surface area contributed by atoms with Crippen LogP contribution in [0.2, 0.25) is 0 Å². The molecule has 16 nitrogen and oxygen atoms in total. The van der Waals surface area contributed by atoms with E-state index >= 15 is 0 Å². The molecule has 3 aliphatic rings. The third kappa shape index (κ3) is 5.59. The average Bonchev–Trinajstić information content (AvgIpc) is 2.97. The number of aromatic hydroxyl groups is 1. The summed E-state index contributed by atoms with van der Waals surface area (Å²) in [7, 11) is 0. The Morgan fingerprint density at radius 2 is 1.56 bits per heavy atom. The van der Waals surface area contributed by atoms with Gasteiger partial charge in [-0.05, 0) is 23.8 Å². The highest BCUT2D eigenvalue weighted by Crippen LogP contribution is 2.41. The van der Waals surface area contributed by atoms with Gasteiger partial charge in [0.05, 0.1) is 18.8 Å². The van der Waals surface area contributed by atoms with Crippen LogP contribution in [0, 0.1) is 0 Å². The first kappa shape index (κ1) is 32.6. The van der Waals surface area contributed by atoms with Gasteiger partial charge in [0.1, 0.15) is 83.9 Å². The van der Waals surface area contributed by atoms with Crippen molar-refractivity contribution in [3.63, 3.8) is 0 Å². The zero-order valence-corrected chi connectivity index (χ0v) is 22.2. The second-order valence-electron chi connectivity index (χ2n) is 10.4. The Labute approximate surface area is 242 Å². The van der Waals surface area contributed by atoms with Gasteiger partial charge in [0, 0.05) is 0 Å². The maximum atomic E-state index is 13.8. The summed E-state index contributed by atoms with van der Waals surface area (Å²) in [5.41, 5.74) is -5.76. The van der Waals surface area contributed by atoms with Gasteiger partial charge in [-0.3, -0.25) is 9.59 Å². The molecule has 11 atom stereocenters. The summed E-state index contributed by atoms with van der Waals surface area (Å²) in [6.45, 7) is -1.69. The van der Waals surface area contributed by atoms with Crippen molar-refractivity contribution in [1.82, 2.24) is 0 Å². The van der Waals surface area contributed by atoms with Crippen molar-refractivity contribution in [2.75, 3.05) is 13.2 Å². The maximum Gasteiger partial charge on any atom is 0.219 e. The summed E-state index contributed by atoms with van der Waals surface area (Å²) in [5, 5.41) is 125. The number of benzene rings is 1. The fourth-order valence-electron chi connectivity index (χ4n) is 5.18. The van der Waals surface area contributed by atoms with Crippen molar-refractivity contribution in [2.45, 2.75) is 66.6 Å². The summed E-state index contributed by atoms with van der Waals surface area (Å²) >= 11 is 0. The van der Waals surface area contributed by atoms with Crippen LogP contribution < -0.4 is 0 Å². The molecule has 16 heteroatoms. The normalized spacial score (nSPS) is 39.3. The topological polar surface area (TPSA) is 295 Å². The molecule has 43 heavy (non-hydrogen) atoms. The molecule has 2 fully saturated rings. The number of rotatable bonds is 6. The molecule has 4 rings (SSSR count). The Morgan fingerprint density at radius 1 is 0.930 bits per heavy atom. The number of carbonyl (C=O) groups is 2. The zero-order chi connectivity index (χ0) is 32.0. The van der Waals surface area contributed by atoms with E-state index in [1.54, 1.807) is 0 Å². The second-order valence-corrected chi connectivity index (χ2v) is 10.4. The van der Waals surface area contributed by atoms with Crippen LogP contribution in [0.4, 0.5) is 0 Å². The van der Waals surface area contributed by atoms with Crippen LogP contribution in [0.3, 0.4) is 0 Å². The molecule has 12 N–H and O–H groups in total. The molecule has 11 unspecified atom stereocenters. The first-order chi connectivity index (χ1) is 20.2. The number of aliphatic hydroxyl groups is 11. The summed E-state index contributed by atoms with van der Waals surface area (Å²) in [6, 6.07) is 5.37. The van der Waals surface area contributed by atoms with Crippen LogP contribution in [-0.4, -0.2) is 153 Å². The maximum absolute atomic E-state index is 13.8. The summed E-state index contributed by atoms with van der Waals surface area (Å²) in [6.07, 6.45) is -18.7. The summed E-state index contributed by atoms with van der Waals surface area (Å²) in [4.78, 5) is 27.5. The van der Waals surface area contributed by atoms with E-state index in [4.69, 9.17) is 9.47 Å². The quantitative estimate of drug-likeness (QED) is 0.0820. The fourth-order valence-corrected chi connectivity index (χ4v) is 5.18. The Hall–Kier alpha value is -3.26. The zero-order valence-electron chi connectivity index (χ0n) is 22.2. The van der Waals surface area contributed by atoms with Crippen molar-refractivity contribution in [1.29, 1.82) is 0 Å². The lowest BCUT2D eigenvalue weighted by Gasteiger charge is -2.47. The second kappa shape index (κ2) is 12.4. The number of ether oxygens (including phenoxy) is 2. The van der Waals surface area contributed by atoms with Crippen LogP contribution in [-0.2, 0) is 19.1 Å². The summed E-state index contributed by atoms with van der Waals surface area (Å²) in [5.74, 6) is -6.22. The number of hydrogen-bond donors (Lipinski definition) is 12. The number of hydrogen-bond acceptors (Lipinski definition) is 16. The highest BCUT2D eigenvalue weighted by Gasteiger charge is 2.65. The standard InChI is InChI=1S/C27H32O16/c28-7-13-17(33)20(36)22(38)26(43-13)27(41)24(39)14(11(30)6-3-9-1-4-10(29)5-2-9)18(34)15(25(27)40)19(35)23-21(37)16(32)12(31)8-42-23/h1-6,12-13,16-17,19-23,26,28-38,41H,7-8H2. The molecule has 0 saturated carbocycles. The minimum atomic E-state index is -3.65. The molecule has 1 aliphatic carbocycles. The van der Waals surface area contributed by atoms with E-state index in [0.717, 1.165) is 6.08 Å². The number of phenolic OH excluding ortho intramolecular Hbond substituents is 1. The number of carbonyl (C=O) groups excluding carboxylic acids is 2. The molecule has 2 heterocycles. The van der Waals surface area contributed by atoms with E-state index in [-0.39, 0.29) is 5.75 Å². The molecule has 0 aromatic heterocycles. The van der Waals surface area contributed by atoms with Crippen LogP contribution in [0.15, 0.2) is 53.0 Å². The molecular weight excluding hydrogens is 580 g/mol. The van der Waals surface area contributed by atoms with Gasteiger partial charge in [-0.15, -0.1) is 0 Å². The molecule has 0 bridgehead atoms. The van der Waals surface area contributed by atoms with Crippen LogP contribution >= 0.6 is 0 Å². The molecule has 0 amide bonds. The number of phenols is 1. The average molecular weight is 613 g/mol. The first-order valence-corrected chi connectivity index (χ1v) is 13.0. The third-order valence-electron chi connectivity index (χ3n) is 7.69. The lowest BCUT2D eigenvalue weighted by atomic mass is 9.69. The number of ketones is 2. The molecule has 1 aromatic carbocycles. The largest absolute Gasteiger partial charge is 0.508 e. The van der Waals surface area contributed by atoms with Gasteiger partial charge in [0.15, 0.2) is 0 Å². The van der Waals surface area contributed by atoms with E-state index in [1.165, 1.54) is 30.3 Å². The van der Waals surface area contributed by atoms with Crippen molar-refractivity contribution in [3.05, 3.63) is 58.6 Å². The monoisotopic (exact) mass is 612 g/mol. The van der Waals surface area contributed by atoms with E-state index < -0.39 is 114 Å².